The summed E-state index contributed by atoms with van der Waals surface area (Å²) in [4.78, 5) is 11.8. The summed E-state index contributed by atoms with van der Waals surface area (Å²) in [5, 5.41) is 11.6. The lowest BCUT2D eigenvalue weighted by atomic mass is 10.4. The van der Waals surface area contributed by atoms with E-state index in [1.165, 1.54) is 11.3 Å². The molecule has 0 radical (unpaired) electrons. The van der Waals surface area contributed by atoms with Crippen molar-refractivity contribution in [3.63, 3.8) is 0 Å². The van der Waals surface area contributed by atoms with Gasteiger partial charge in [0.1, 0.15) is 0 Å². The molecule has 0 unspecified atom stereocenters. The molecular weight excluding hydrogens is 166 g/mol. The van der Waals surface area contributed by atoms with Crippen LogP contribution >= 0.6 is 11.3 Å². The summed E-state index contributed by atoms with van der Waals surface area (Å²) in [6.07, 6.45) is 0. The van der Waals surface area contributed by atoms with Gasteiger partial charge in [0, 0.05) is 5.38 Å². The molecule has 0 fully saturated rings. The summed E-state index contributed by atoms with van der Waals surface area (Å²) < 4.78 is 0. The summed E-state index contributed by atoms with van der Waals surface area (Å²) in [6, 6.07) is 1.58. The van der Waals surface area contributed by atoms with Crippen molar-refractivity contribution in [3.05, 3.63) is 32.8 Å². The molecular formula is C5H5N3O2S. The Balaban J connectivity index is 0.000000292. The van der Waals surface area contributed by atoms with Crippen molar-refractivity contribution in [2.75, 3.05) is 0 Å². The van der Waals surface area contributed by atoms with Crippen molar-refractivity contribution in [1.82, 2.24) is 0 Å². The molecule has 0 atom stereocenters. The molecule has 0 aliphatic rings. The summed E-state index contributed by atoms with van der Waals surface area (Å²) in [7, 11) is 0. The lowest BCUT2D eigenvalue weighted by Crippen LogP contribution is -1.90. The summed E-state index contributed by atoms with van der Waals surface area (Å²) in [5.74, 6) is -0.855. The van der Waals surface area contributed by atoms with Gasteiger partial charge in [0.05, 0.1) is 5.56 Å². The Bertz CT molecular complexity index is 251. The largest absolute Gasteiger partial charge is 0.478 e. The number of carboxylic acid groups (broad SMARTS) is 1. The summed E-state index contributed by atoms with van der Waals surface area (Å²) >= 11 is 1.39. The van der Waals surface area contributed by atoms with E-state index < -0.39 is 5.97 Å². The smallest absolute Gasteiger partial charge is 0.336 e. The fourth-order valence-corrected chi connectivity index (χ4v) is 1.02. The number of nitrogens with zero attached hydrogens (tertiary/aromatic N) is 2. The zero-order chi connectivity index (χ0) is 8.69. The molecule has 1 heterocycles. The van der Waals surface area contributed by atoms with Crippen molar-refractivity contribution in [2.24, 2.45) is 0 Å². The van der Waals surface area contributed by atoms with E-state index in [2.05, 4.69) is 0 Å². The van der Waals surface area contributed by atoms with E-state index in [4.69, 9.17) is 16.2 Å². The van der Waals surface area contributed by atoms with Crippen LogP contribution in [-0.4, -0.2) is 11.1 Å². The van der Waals surface area contributed by atoms with Crippen LogP contribution in [-0.2, 0) is 0 Å². The first-order valence-corrected chi connectivity index (χ1v) is 3.43. The molecule has 0 saturated carbocycles. The number of nitrogens with one attached hydrogen (secondary N) is 1. The topological polar surface area (TPSA) is 97.5 Å². The second-order valence-electron chi connectivity index (χ2n) is 1.42. The van der Waals surface area contributed by atoms with Crippen molar-refractivity contribution in [2.45, 2.75) is 0 Å². The van der Waals surface area contributed by atoms with Gasteiger partial charge in [-0.15, -0.1) is 5.53 Å². The Morgan fingerprint density at radius 1 is 1.82 bits per heavy atom. The van der Waals surface area contributed by atoms with E-state index in [-0.39, 0.29) is 0 Å². The number of carboxylic acids is 1. The molecule has 58 valence electrons. The molecule has 0 amide bonds. The zero-order valence-electron chi connectivity index (χ0n) is 5.39. The second-order valence-corrected chi connectivity index (χ2v) is 2.20. The van der Waals surface area contributed by atoms with Gasteiger partial charge in [0.2, 0.25) is 0 Å². The molecule has 5 nitrogen and oxygen atoms in total. The highest BCUT2D eigenvalue weighted by Crippen LogP contribution is 2.04. The third-order valence-corrected chi connectivity index (χ3v) is 1.45. The normalized spacial score (nSPS) is 7.27. The van der Waals surface area contributed by atoms with Gasteiger partial charge in [-0.1, -0.05) is 0 Å². The predicted octanol–water partition coefficient (Wildman–Crippen LogP) is 2.32. The molecule has 6 heteroatoms. The SMILES string of the molecule is O=C(O)c1ccsc1.[N-]=[N+]=N. The minimum absolute atomic E-state index is 0.370. The van der Waals surface area contributed by atoms with Gasteiger partial charge in [-0.3, -0.25) is 0 Å². The molecule has 11 heavy (non-hydrogen) atoms. The highest BCUT2D eigenvalue weighted by Gasteiger charge is 1.98. The second kappa shape index (κ2) is 5.28. The fourth-order valence-electron chi connectivity index (χ4n) is 0.386. The maximum Gasteiger partial charge on any atom is 0.336 e. The zero-order valence-corrected chi connectivity index (χ0v) is 6.21. The van der Waals surface area contributed by atoms with Crippen LogP contribution in [0.4, 0.5) is 0 Å². The van der Waals surface area contributed by atoms with Crippen molar-refractivity contribution in [3.8, 4) is 0 Å². The van der Waals surface area contributed by atoms with Crippen LogP contribution < -0.4 is 0 Å². The van der Waals surface area contributed by atoms with Crippen molar-refractivity contribution < 1.29 is 9.90 Å². The summed E-state index contributed by atoms with van der Waals surface area (Å²) in [5.41, 5.74) is 12.6. The van der Waals surface area contributed by atoms with Crippen LogP contribution in [0.2, 0.25) is 0 Å². The Hall–Kier alpha value is -1.52. The first kappa shape index (κ1) is 9.48. The maximum atomic E-state index is 10.1. The first-order chi connectivity index (χ1) is 5.22. The Labute approximate surface area is 66.3 Å². The van der Waals surface area contributed by atoms with Gasteiger partial charge in [-0.05, 0) is 21.9 Å². The van der Waals surface area contributed by atoms with Gasteiger partial charge < -0.3 is 5.11 Å². The van der Waals surface area contributed by atoms with E-state index in [1.54, 1.807) is 21.7 Å². The van der Waals surface area contributed by atoms with Gasteiger partial charge in [0.25, 0.3) is 0 Å². The van der Waals surface area contributed by atoms with Gasteiger partial charge in [-0.25, -0.2) is 4.79 Å². The van der Waals surface area contributed by atoms with Gasteiger partial charge >= 0.3 is 5.97 Å². The number of thiophene rings is 1. The maximum absolute atomic E-state index is 10.1. The molecule has 1 rings (SSSR count). The molecule has 2 N–H and O–H groups in total. The number of rotatable bonds is 1. The summed E-state index contributed by atoms with van der Waals surface area (Å²) in [6.45, 7) is 0. The van der Waals surface area contributed by atoms with Crippen molar-refractivity contribution in [1.29, 1.82) is 5.53 Å². The van der Waals surface area contributed by atoms with Crippen LogP contribution in [0.3, 0.4) is 0 Å². The van der Waals surface area contributed by atoms with E-state index in [9.17, 15) is 4.79 Å². The van der Waals surface area contributed by atoms with Gasteiger partial charge in [-0.2, -0.15) is 11.3 Å². The van der Waals surface area contributed by atoms with E-state index >= 15 is 0 Å². The van der Waals surface area contributed by atoms with E-state index in [0.29, 0.717) is 5.56 Å². The first-order valence-electron chi connectivity index (χ1n) is 2.48. The number of hydrogen-bond acceptors (Lipinski definition) is 3. The average molecular weight is 171 g/mol. The minimum atomic E-state index is -0.855. The molecule has 0 bridgehead atoms. The van der Waals surface area contributed by atoms with E-state index in [1.807, 2.05) is 0 Å². The molecule has 0 spiro atoms. The third-order valence-electron chi connectivity index (χ3n) is 0.768. The van der Waals surface area contributed by atoms with Crippen LogP contribution in [0.15, 0.2) is 16.8 Å². The minimum Gasteiger partial charge on any atom is -0.478 e. The number of hydrogen-bond donors (Lipinski definition) is 2. The van der Waals surface area contributed by atoms with Crippen LogP contribution in [0, 0.1) is 5.53 Å². The lowest BCUT2D eigenvalue weighted by Gasteiger charge is -1.78. The van der Waals surface area contributed by atoms with Gasteiger partial charge in [0.15, 0.2) is 0 Å². The lowest BCUT2D eigenvalue weighted by molar-refractivity contribution is 0.0697. The number of carbonyl (C=O) groups is 1. The molecule has 0 aliphatic carbocycles. The number of aromatic carboxylic acids is 1. The van der Waals surface area contributed by atoms with Crippen molar-refractivity contribution >= 4 is 17.3 Å². The highest BCUT2D eigenvalue weighted by molar-refractivity contribution is 7.08. The molecule has 0 aromatic carbocycles. The highest BCUT2D eigenvalue weighted by atomic mass is 32.1. The molecule has 1 aromatic heterocycles. The van der Waals surface area contributed by atoms with Crippen LogP contribution in [0.25, 0.3) is 10.4 Å². The Morgan fingerprint density at radius 2 is 2.36 bits per heavy atom. The molecule has 0 saturated heterocycles. The van der Waals surface area contributed by atoms with Crippen LogP contribution in [0.5, 0.6) is 0 Å². The quantitative estimate of drug-likeness (QED) is 0.385. The average Bonchev–Trinajstić information content (AvgIpc) is 2.38. The Morgan fingerprint density at radius 3 is 2.55 bits per heavy atom. The molecule has 1 aromatic rings. The molecule has 0 aliphatic heterocycles. The fraction of sp³-hybridized carbons (Fsp3) is 0. The Kier molecular flexibility index (Phi) is 4.55. The van der Waals surface area contributed by atoms with E-state index in [0.717, 1.165) is 0 Å². The predicted molar refractivity (Wildman–Crippen MR) is 40.7 cm³/mol. The standard InChI is InChI=1S/C5H4O2S.HN3/c6-5(7)4-1-2-8-3-4;1-3-2/h1-3H,(H,6,7);1H. The third kappa shape index (κ3) is 3.96. The monoisotopic (exact) mass is 171 g/mol. The van der Waals surface area contributed by atoms with Crippen LogP contribution in [0.1, 0.15) is 10.4 Å².